The molecule has 0 bridgehead atoms. The van der Waals surface area contributed by atoms with Gasteiger partial charge < -0.3 is 9.47 Å². The van der Waals surface area contributed by atoms with Crippen LogP contribution in [0.2, 0.25) is 0 Å². The number of benzene rings is 6. The van der Waals surface area contributed by atoms with Crippen molar-refractivity contribution in [2.45, 2.75) is 12.0 Å². The lowest BCUT2D eigenvalue weighted by Gasteiger charge is -2.32. The molecule has 10 rings (SSSR count). The van der Waals surface area contributed by atoms with Crippen LogP contribution in [0.25, 0.3) is 56.2 Å². The highest BCUT2D eigenvalue weighted by Gasteiger charge is 2.44. The molecule has 0 saturated carbocycles. The van der Waals surface area contributed by atoms with E-state index in [1.165, 1.54) is 61.4 Å². The summed E-state index contributed by atoms with van der Waals surface area (Å²) in [5.74, 6) is 1.15. The summed E-state index contributed by atoms with van der Waals surface area (Å²) in [7, 11) is 0. The topological polar surface area (TPSA) is 21.1 Å². The first-order chi connectivity index (χ1) is 24.8. The van der Waals surface area contributed by atoms with Gasteiger partial charge in [0, 0.05) is 33.8 Å². The Labute approximate surface area is 292 Å². The number of hydrogen-bond acceptors (Lipinski definition) is 2. The summed E-state index contributed by atoms with van der Waals surface area (Å²) < 4.78 is 2.42. The zero-order chi connectivity index (χ0) is 33.0. The molecule has 1 aliphatic heterocycles. The van der Waals surface area contributed by atoms with E-state index in [0.29, 0.717) is 0 Å². The first-order valence-electron chi connectivity index (χ1n) is 17.3. The molecule has 3 nitrogen and oxygen atoms in total. The summed E-state index contributed by atoms with van der Waals surface area (Å²) in [4.78, 5) is 7.99. The summed E-state index contributed by atoms with van der Waals surface area (Å²) >= 11 is 0. The smallest absolute Gasteiger partial charge is 0.134 e. The van der Waals surface area contributed by atoms with Crippen LogP contribution in [0.3, 0.4) is 0 Å². The van der Waals surface area contributed by atoms with Crippen molar-refractivity contribution in [3.05, 3.63) is 199 Å². The van der Waals surface area contributed by atoms with Gasteiger partial charge in [-0.2, -0.15) is 0 Å². The maximum atomic E-state index is 5.50. The molecule has 0 amide bonds. The Morgan fingerprint density at radius 2 is 1.12 bits per heavy atom. The van der Waals surface area contributed by atoms with E-state index in [1.54, 1.807) is 0 Å². The molecule has 0 spiro atoms. The molecule has 2 aliphatic rings. The fourth-order valence-corrected chi connectivity index (χ4v) is 8.15. The number of rotatable bonds is 5. The van der Waals surface area contributed by atoms with Crippen molar-refractivity contribution in [3.63, 3.8) is 0 Å². The van der Waals surface area contributed by atoms with E-state index in [0.717, 1.165) is 17.1 Å². The quantitative estimate of drug-likeness (QED) is 0.187. The third-order valence-corrected chi connectivity index (χ3v) is 10.3. The van der Waals surface area contributed by atoms with E-state index in [2.05, 4.69) is 198 Å². The molecule has 1 aliphatic carbocycles. The molecule has 50 heavy (non-hydrogen) atoms. The van der Waals surface area contributed by atoms with Crippen LogP contribution >= 0.6 is 0 Å². The summed E-state index contributed by atoms with van der Waals surface area (Å²) in [5.41, 5.74) is 14.3. The van der Waals surface area contributed by atoms with E-state index in [1.807, 2.05) is 0 Å². The molecule has 6 aromatic carbocycles. The molecule has 0 N–H and O–H groups in total. The van der Waals surface area contributed by atoms with Crippen LogP contribution in [-0.2, 0) is 0 Å². The Morgan fingerprint density at radius 3 is 1.86 bits per heavy atom. The first-order valence-corrected chi connectivity index (χ1v) is 17.3. The highest BCUT2D eigenvalue weighted by molar-refractivity contribution is 5.94. The lowest BCUT2D eigenvalue weighted by Crippen LogP contribution is -2.25. The zero-order valence-corrected chi connectivity index (χ0v) is 27.4. The molecule has 8 aromatic rings. The van der Waals surface area contributed by atoms with Gasteiger partial charge in [0.05, 0.1) is 22.9 Å². The van der Waals surface area contributed by atoms with Crippen LogP contribution in [0.5, 0.6) is 0 Å². The first kappa shape index (κ1) is 28.6. The fourth-order valence-electron chi connectivity index (χ4n) is 8.15. The predicted molar refractivity (Wildman–Crippen MR) is 207 cm³/mol. The van der Waals surface area contributed by atoms with E-state index < -0.39 is 0 Å². The second-order valence-electron chi connectivity index (χ2n) is 13.2. The Kier molecular flexibility index (Phi) is 6.63. The second-order valence-corrected chi connectivity index (χ2v) is 13.2. The number of fused-ring (bicyclic) bond motifs is 7. The molecule has 0 saturated heterocycles. The van der Waals surface area contributed by atoms with Crippen LogP contribution in [0, 0.1) is 0 Å². The molecule has 2 atom stereocenters. The average Bonchev–Trinajstić information content (AvgIpc) is 3.72. The van der Waals surface area contributed by atoms with Crippen LogP contribution in [0.1, 0.15) is 28.8 Å². The van der Waals surface area contributed by atoms with Crippen molar-refractivity contribution < 1.29 is 0 Å². The third-order valence-electron chi connectivity index (χ3n) is 10.3. The average molecular weight is 640 g/mol. The van der Waals surface area contributed by atoms with Crippen molar-refractivity contribution in [1.29, 1.82) is 0 Å². The van der Waals surface area contributed by atoms with Gasteiger partial charge in [-0.3, -0.25) is 0 Å². The summed E-state index contributed by atoms with van der Waals surface area (Å²) in [5, 5.41) is 1.28. The molecular weight excluding hydrogens is 607 g/mol. The molecule has 0 radical (unpaired) electrons. The Bertz CT molecular complexity index is 2490. The number of nitrogens with zero attached hydrogens (tertiary/aromatic N) is 3. The van der Waals surface area contributed by atoms with Crippen molar-refractivity contribution in [2.75, 3.05) is 4.90 Å². The van der Waals surface area contributed by atoms with Gasteiger partial charge in [-0.05, 0) is 88.5 Å². The summed E-state index contributed by atoms with van der Waals surface area (Å²) in [6.45, 7) is 0. The minimum atomic E-state index is 0.0561. The lowest BCUT2D eigenvalue weighted by molar-refractivity contribution is 0.664. The van der Waals surface area contributed by atoms with Gasteiger partial charge in [-0.25, -0.2) is 4.98 Å². The van der Waals surface area contributed by atoms with Crippen LogP contribution in [0.15, 0.2) is 182 Å². The summed E-state index contributed by atoms with van der Waals surface area (Å²) in [6, 6.07) is 63.1. The maximum absolute atomic E-state index is 5.50. The largest absolute Gasteiger partial charge is 0.318 e. The molecular formula is C47H33N3. The van der Waals surface area contributed by atoms with Crippen LogP contribution in [0.4, 0.5) is 11.5 Å². The number of para-hydroxylation sites is 3. The van der Waals surface area contributed by atoms with Crippen molar-refractivity contribution >= 4 is 28.5 Å². The Balaban J connectivity index is 1.16. The highest BCUT2D eigenvalue weighted by Crippen LogP contribution is 2.57. The molecule has 3 heterocycles. The Hall–Kier alpha value is -6.45. The third kappa shape index (κ3) is 4.55. The van der Waals surface area contributed by atoms with E-state index >= 15 is 0 Å². The fraction of sp³-hybridized carbons (Fsp3) is 0.0426. The molecule has 2 unspecified atom stereocenters. The van der Waals surface area contributed by atoms with E-state index in [9.17, 15) is 0 Å². The van der Waals surface area contributed by atoms with Crippen LogP contribution in [-0.4, -0.2) is 9.55 Å². The Morgan fingerprint density at radius 1 is 0.500 bits per heavy atom. The molecule has 236 valence electrons. The van der Waals surface area contributed by atoms with Gasteiger partial charge in [-0.15, -0.1) is 0 Å². The van der Waals surface area contributed by atoms with Crippen molar-refractivity contribution in [3.8, 4) is 39.2 Å². The normalized spacial score (nSPS) is 15.9. The number of hydrogen-bond donors (Lipinski definition) is 0. The van der Waals surface area contributed by atoms with E-state index in [-0.39, 0.29) is 12.0 Å². The number of anilines is 2. The minimum Gasteiger partial charge on any atom is -0.318 e. The summed E-state index contributed by atoms with van der Waals surface area (Å²) in [6.07, 6.45) is 4.75. The molecule has 2 aromatic heterocycles. The maximum Gasteiger partial charge on any atom is 0.134 e. The second kappa shape index (κ2) is 11.6. The standard InChI is InChI=1S/C47H33N3/c1-4-15-32(16-5-1)34-29-35(33-17-6-2-7-18-33)31-36(30-34)41-23-14-26-45(48-41)50-42-24-12-10-21-38(42)39-27-28-44-46(47(39)50)40-22-11-13-25-43(40)49(44)37-19-8-3-9-20-37/h1-31,39,47H. The number of aromatic nitrogens is 2. The van der Waals surface area contributed by atoms with Gasteiger partial charge >= 0.3 is 0 Å². The van der Waals surface area contributed by atoms with Gasteiger partial charge in [0.1, 0.15) is 5.82 Å². The monoisotopic (exact) mass is 639 g/mol. The lowest BCUT2D eigenvalue weighted by atomic mass is 9.84. The van der Waals surface area contributed by atoms with E-state index in [4.69, 9.17) is 4.98 Å². The minimum absolute atomic E-state index is 0.0561. The van der Waals surface area contributed by atoms with Crippen molar-refractivity contribution in [2.24, 2.45) is 0 Å². The van der Waals surface area contributed by atoms with Gasteiger partial charge in [0.15, 0.2) is 0 Å². The van der Waals surface area contributed by atoms with Crippen molar-refractivity contribution in [1.82, 2.24) is 9.55 Å². The molecule has 3 heteroatoms. The number of pyridine rings is 1. The van der Waals surface area contributed by atoms with Crippen LogP contribution < -0.4 is 4.90 Å². The van der Waals surface area contributed by atoms with Gasteiger partial charge in [0.2, 0.25) is 0 Å². The zero-order valence-electron chi connectivity index (χ0n) is 27.4. The van der Waals surface area contributed by atoms with Gasteiger partial charge in [0.25, 0.3) is 0 Å². The highest BCUT2D eigenvalue weighted by atomic mass is 15.3. The molecule has 0 fully saturated rings. The SMILES string of the molecule is C1=CC2c3ccccc3N(c3cccc(-c4cc(-c5ccccc5)cc(-c5ccccc5)c4)n3)C2c2c1n(-c1ccccc1)c1ccccc21. The van der Waals surface area contributed by atoms with Gasteiger partial charge in [-0.1, -0.05) is 127 Å². The predicted octanol–water partition coefficient (Wildman–Crippen LogP) is 12.0.